The number of nitrogens with zero attached hydrogens (tertiary/aromatic N) is 3. The molecule has 0 aromatic carbocycles. The van der Waals surface area contributed by atoms with Crippen LogP contribution < -0.4 is 4.90 Å². The van der Waals surface area contributed by atoms with Crippen molar-refractivity contribution in [1.82, 2.24) is 9.97 Å². The zero-order valence-corrected chi connectivity index (χ0v) is 12.5. The van der Waals surface area contributed by atoms with Crippen LogP contribution in [0.2, 0.25) is 0 Å². The number of aliphatic hydroxyl groups is 1. The van der Waals surface area contributed by atoms with Crippen LogP contribution in [0.25, 0.3) is 0 Å². The van der Waals surface area contributed by atoms with Gasteiger partial charge in [-0.15, -0.1) is 0 Å². The van der Waals surface area contributed by atoms with E-state index in [1.807, 2.05) is 6.07 Å². The van der Waals surface area contributed by atoms with Gasteiger partial charge in [-0.1, -0.05) is 13.8 Å². The summed E-state index contributed by atoms with van der Waals surface area (Å²) in [6, 6.07) is 2.47. The number of hydrogen-bond donors (Lipinski definition) is 1. The van der Waals surface area contributed by atoms with Crippen LogP contribution in [0, 0.1) is 0 Å². The van der Waals surface area contributed by atoms with E-state index in [9.17, 15) is 5.11 Å². The summed E-state index contributed by atoms with van der Waals surface area (Å²) >= 11 is 3.45. The van der Waals surface area contributed by atoms with Crippen LogP contribution in [0.5, 0.6) is 0 Å². The van der Waals surface area contributed by atoms with E-state index in [1.54, 1.807) is 0 Å². The minimum atomic E-state index is 0.162. The fraction of sp³-hybridized carbons (Fsp3) is 0.692. The van der Waals surface area contributed by atoms with E-state index in [-0.39, 0.29) is 6.61 Å². The molecule has 5 heteroatoms. The highest BCUT2D eigenvalue weighted by Gasteiger charge is 2.26. The fourth-order valence-corrected chi connectivity index (χ4v) is 2.50. The topological polar surface area (TPSA) is 49.2 Å². The minimum Gasteiger partial charge on any atom is -0.395 e. The largest absolute Gasteiger partial charge is 0.395 e. The molecule has 1 aromatic heterocycles. The van der Waals surface area contributed by atoms with Gasteiger partial charge in [-0.25, -0.2) is 9.97 Å². The Morgan fingerprint density at radius 1 is 1.44 bits per heavy atom. The van der Waals surface area contributed by atoms with Crippen molar-refractivity contribution in [3.05, 3.63) is 16.5 Å². The first kappa shape index (κ1) is 13.7. The third-order valence-corrected chi connectivity index (χ3v) is 3.77. The number of rotatable bonds is 5. The second kappa shape index (κ2) is 5.97. The molecule has 1 N–H and O–H groups in total. The van der Waals surface area contributed by atoms with Crippen molar-refractivity contribution in [3.63, 3.8) is 0 Å². The van der Waals surface area contributed by atoms with Crippen LogP contribution in [0.1, 0.15) is 44.9 Å². The lowest BCUT2D eigenvalue weighted by Gasteiger charge is -2.38. The molecule has 0 spiro atoms. The minimum absolute atomic E-state index is 0.162. The third-order valence-electron chi connectivity index (χ3n) is 3.37. The van der Waals surface area contributed by atoms with Crippen molar-refractivity contribution < 1.29 is 5.11 Å². The van der Waals surface area contributed by atoms with Crippen LogP contribution >= 0.6 is 15.9 Å². The zero-order chi connectivity index (χ0) is 13.1. The van der Waals surface area contributed by atoms with Gasteiger partial charge in [-0.05, 0) is 35.2 Å². The molecule has 0 unspecified atom stereocenters. The van der Waals surface area contributed by atoms with Crippen molar-refractivity contribution >= 4 is 21.7 Å². The Bertz CT molecular complexity index is 407. The SMILES string of the molecule is CC(C)c1nc(Br)cc(N(CCO)C2CCC2)n1. The molecule has 0 bridgehead atoms. The van der Waals surface area contributed by atoms with Gasteiger partial charge in [-0.3, -0.25) is 0 Å². The summed E-state index contributed by atoms with van der Waals surface area (Å²) in [5.74, 6) is 2.08. The predicted molar refractivity (Wildman–Crippen MR) is 75.9 cm³/mol. The highest BCUT2D eigenvalue weighted by Crippen LogP contribution is 2.30. The van der Waals surface area contributed by atoms with Crippen molar-refractivity contribution in [1.29, 1.82) is 0 Å². The maximum absolute atomic E-state index is 9.22. The summed E-state index contributed by atoms with van der Waals surface area (Å²) < 4.78 is 0.818. The molecular weight excluding hydrogens is 294 g/mol. The summed E-state index contributed by atoms with van der Waals surface area (Å²) in [6.07, 6.45) is 3.66. The van der Waals surface area contributed by atoms with Gasteiger partial charge in [0.15, 0.2) is 0 Å². The Morgan fingerprint density at radius 2 is 2.17 bits per heavy atom. The lowest BCUT2D eigenvalue weighted by atomic mass is 9.91. The molecule has 0 saturated heterocycles. The molecule has 1 fully saturated rings. The monoisotopic (exact) mass is 313 g/mol. The molecule has 1 saturated carbocycles. The smallest absolute Gasteiger partial charge is 0.134 e. The number of anilines is 1. The van der Waals surface area contributed by atoms with Gasteiger partial charge >= 0.3 is 0 Å². The highest BCUT2D eigenvalue weighted by atomic mass is 79.9. The maximum atomic E-state index is 9.22. The third kappa shape index (κ3) is 3.01. The molecule has 2 rings (SSSR count). The first-order valence-corrected chi connectivity index (χ1v) is 7.33. The van der Waals surface area contributed by atoms with Crippen LogP contribution in [0.4, 0.5) is 5.82 Å². The van der Waals surface area contributed by atoms with Crippen LogP contribution in [0.3, 0.4) is 0 Å². The molecule has 18 heavy (non-hydrogen) atoms. The summed E-state index contributed by atoms with van der Waals surface area (Å²) in [6.45, 7) is 4.98. The van der Waals surface area contributed by atoms with Gasteiger partial charge in [0.2, 0.25) is 0 Å². The molecule has 1 aliphatic rings. The highest BCUT2D eigenvalue weighted by molar-refractivity contribution is 9.10. The standard InChI is InChI=1S/C13H20BrN3O/c1-9(2)13-15-11(14)8-12(16-13)17(6-7-18)10-4-3-5-10/h8-10,18H,3-7H2,1-2H3. The summed E-state index contributed by atoms with van der Waals surface area (Å²) in [5, 5.41) is 9.22. The lowest BCUT2D eigenvalue weighted by molar-refractivity contribution is 0.283. The molecule has 1 heterocycles. The molecule has 1 aliphatic carbocycles. The van der Waals surface area contributed by atoms with Crippen LogP contribution in [-0.4, -0.2) is 34.3 Å². The molecule has 0 radical (unpaired) electrons. The molecule has 0 atom stereocenters. The molecular formula is C13H20BrN3O. The Labute approximate surface area is 117 Å². The van der Waals surface area contributed by atoms with E-state index in [0.717, 1.165) is 16.2 Å². The Morgan fingerprint density at radius 3 is 2.67 bits per heavy atom. The van der Waals surface area contributed by atoms with Crippen molar-refractivity contribution in [2.75, 3.05) is 18.1 Å². The Kier molecular flexibility index (Phi) is 4.56. The van der Waals surface area contributed by atoms with Gasteiger partial charge < -0.3 is 10.0 Å². The van der Waals surface area contributed by atoms with Crippen molar-refractivity contribution in [3.8, 4) is 0 Å². The molecule has 1 aromatic rings. The predicted octanol–water partition coefficient (Wildman–Crippen LogP) is 2.71. The van der Waals surface area contributed by atoms with Crippen LogP contribution in [0.15, 0.2) is 10.7 Å². The summed E-state index contributed by atoms with van der Waals surface area (Å²) in [4.78, 5) is 11.2. The van der Waals surface area contributed by atoms with Crippen molar-refractivity contribution in [2.45, 2.75) is 45.1 Å². The number of aromatic nitrogens is 2. The maximum Gasteiger partial charge on any atom is 0.134 e. The number of halogens is 1. The number of hydrogen-bond acceptors (Lipinski definition) is 4. The van der Waals surface area contributed by atoms with Crippen molar-refractivity contribution in [2.24, 2.45) is 0 Å². The molecule has 0 amide bonds. The summed E-state index contributed by atoms with van der Waals surface area (Å²) in [7, 11) is 0. The normalized spacial score (nSPS) is 15.8. The average Bonchev–Trinajstić information content (AvgIpc) is 2.25. The van der Waals surface area contributed by atoms with Gasteiger partial charge in [0.05, 0.1) is 6.61 Å². The van der Waals surface area contributed by atoms with Gasteiger partial charge in [0.25, 0.3) is 0 Å². The first-order chi connectivity index (χ1) is 8.61. The second-order valence-electron chi connectivity index (χ2n) is 5.06. The Balaban J connectivity index is 2.27. The van der Waals surface area contributed by atoms with Gasteiger partial charge in [0.1, 0.15) is 16.2 Å². The van der Waals surface area contributed by atoms with E-state index in [2.05, 4.69) is 44.6 Å². The van der Waals surface area contributed by atoms with Crippen LogP contribution in [-0.2, 0) is 0 Å². The lowest BCUT2D eigenvalue weighted by Crippen LogP contribution is -2.42. The molecule has 4 nitrogen and oxygen atoms in total. The van der Waals surface area contributed by atoms with Gasteiger partial charge in [-0.2, -0.15) is 0 Å². The fourth-order valence-electron chi connectivity index (χ4n) is 2.12. The zero-order valence-electron chi connectivity index (χ0n) is 10.9. The summed E-state index contributed by atoms with van der Waals surface area (Å²) in [5.41, 5.74) is 0. The number of aliphatic hydroxyl groups excluding tert-OH is 1. The molecule has 0 aliphatic heterocycles. The first-order valence-electron chi connectivity index (χ1n) is 6.53. The van der Waals surface area contributed by atoms with E-state index >= 15 is 0 Å². The van der Waals surface area contributed by atoms with E-state index in [4.69, 9.17) is 0 Å². The van der Waals surface area contributed by atoms with E-state index < -0.39 is 0 Å². The van der Waals surface area contributed by atoms with E-state index in [0.29, 0.717) is 18.5 Å². The van der Waals surface area contributed by atoms with Gasteiger partial charge in [0, 0.05) is 24.6 Å². The Hall–Kier alpha value is -0.680. The molecule has 100 valence electrons. The quantitative estimate of drug-likeness (QED) is 0.849. The van der Waals surface area contributed by atoms with E-state index in [1.165, 1.54) is 19.3 Å². The second-order valence-corrected chi connectivity index (χ2v) is 5.88. The average molecular weight is 314 g/mol.